The zero-order valence-corrected chi connectivity index (χ0v) is 18.6. The molecule has 3 rings (SSSR count). The summed E-state index contributed by atoms with van der Waals surface area (Å²) in [5, 5.41) is 5.67. The first-order valence-corrected chi connectivity index (χ1v) is 10.2. The maximum absolute atomic E-state index is 5.98. The minimum Gasteiger partial charge on any atom is -0.278 e. The first-order chi connectivity index (χ1) is 13.1. The van der Waals surface area contributed by atoms with Crippen LogP contribution in [0.1, 0.15) is 11.1 Å². The molecule has 1 N–H and O–H groups in total. The van der Waals surface area contributed by atoms with Gasteiger partial charge in [0, 0.05) is 0 Å². The monoisotopic (exact) mass is 493 g/mol. The molecule has 0 atom stereocenters. The van der Waals surface area contributed by atoms with Crippen molar-refractivity contribution >= 4 is 93.2 Å². The third-order valence-corrected chi connectivity index (χ3v) is 4.91. The highest BCUT2D eigenvalue weighted by atomic mass is 35.6. The molecule has 0 spiro atoms. The highest BCUT2D eigenvalue weighted by Crippen LogP contribution is 2.38. The van der Waals surface area contributed by atoms with Crippen molar-refractivity contribution < 1.29 is 0 Å². The lowest BCUT2D eigenvalue weighted by molar-refractivity contribution is 0.713. The second-order valence-corrected chi connectivity index (χ2v) is 10.4. The number of anilines is 1. The van der Waals surface area contributed by atoms with E-state index >= 15 is 0 Å². The van der Waals surface area contributed by atoms with Gasteiger partial charge in [0.05, 0.1) is 11.4 Å². The van der Waals surface area contributed by atoms with Crippen molar-refractivity contribution in [1.29, 1.82) is 0 Å². The summed E-state index contributed by atoms with van der Waals surface area (Å²) in [7, 11) is 0. The number of rotatable bonds is 3. The van der Waals surface area contributed by atoms with E-state index in [0.717, 1.165) is 11.1 Å². The Kier molecular flexibility index (Phi) is 6.76. The lowest BCUT2D eigenvalue weighted by Gasteiger charge is -2.31. The molecule has 0 amide bonds. The fraction of sp³-hybridized carbons (Fsp3) is 0.105. The molecule has 3 nitrogen and oxygen atoms in total. The van der Waals surface area contributed by atoms with E-state index in [0.29, 0.717) is 5.69 Å². The third-order valence-electron chi connectivity index (χ3n) is 3.72. The lowest BCUT2D eigenvalue weighted by atomic mass is 10.1. The van der Waals surface area contributed by atoms with E-state index in [1.54, 1.807) is 0 Å². The second kappa shape index (κ2) is 8.74. The summed E-state index contributed by atoms with van der Waals surface area (Å²) in [5.74, 6) is 0. The summed E-state index contributed by atoms with van der Waals surface area (Å²) >= 11 is 35.9. The van der Waals surface area contributed by atoms with E-state index in [4.69, 9.17) is 69.6 Å². The Bertz CT molecular complexity index is 909. The van der Waals surface area contributed by atoms with Crippen LogP contribution in [0, 0.1) is 0 Å². The highest BCUT2D eigenvalue weighted by molar-refractivity contribution is 6.78. The van der Waals surface area contributed by atoms with Crippen LogP contribution in [0.4, 0.5) is 5.69 Å². The number of alkyl halides is 6. The van der Waals surface area contributed by atoms with Crippen LogP contribution in [0.3, 0.4) is 0 Å². The van der Waals surface area contributed by atoms with Crippen molar-refractivity contribution in [2.24, 2.45) is 5.10 Å². The fourth-order valence-electron chi connectivity index (χ4n) is 2.33. The molecular formula is C19H13Cl6N3. The average molecular weight is 496 g/mol. The molecule has 1 aliphatic rings. The number of hydrogen-bond acceptors (Lipinski definition) is 3. The number of nitrogens with one attached hydrogen (secondary N) is 1. The van der Waals surface area contributed by atoms with Gasteiger partial charge < -0.3 is 0 Å². The molecule has 0 aromatic heterocycles. The maximum atomic E-state index is 5.98. The number of allylic oxidation sites excluding steroid dienone is 2. The van der Waals surface area contributed by atoms with Gasteiger partial charge in [0.1, 0.15) is 5.71 Å². The molecule has 1 aliphatic heterocycles. The average Bonchev–Trinajstić information content (AvgIpc) is 2.66. The van der Waals surface area contributed by atoms with E-state index in [-0.39, 0.29) is 11.4 Å². The molecule has 2 aromatic rings. The van der Waals surface area contributed by atoms with Gasteiger partial charge in [-0.1, -0.05) is 124 Å². The molecule has 0 saturated heterocycles. The number of hydrazine groups is 1. The molecule has 0 fully saturated rings. The van der Waals surface area contributed by atoms with Gasteiger partial charge >= 0.3 is 0 Å². The first-order valence-electron chi connectivity index (χ1n) is 7.97. The molecular weight excluding hydrogens is 483 g/mol. The maximum Gasteiger partial charge on any atom is 0.234 e. The van der Waals surface area contributed by atoms with Gasteiger partial charge in [-0.05, 0) is 29.3 Å². The van der Waals surface area contributed by atoms with Crippen LogP contribution >= 0.6 is 69.6 Å². The van der Waals surface area contributed by atoms with Crippen LogP contribution in [0.5, 0.6) is 0 Å². The molecule has 0 aliphatic carbocycles. The van der Waals surface area contributed by atoms with E-state index in [1.165, 1.54) is 11.2 Å². The van der Waals surface area contributed by atoms with Gasteiger partial charge in [-0.3, -0.25) is 5.43 Å². The zero-order chi connectivity index (χ0) is 20.4. The van der Waals surface area contributed by atoms with Crippen LogP contribution in [0.2, 0.25) is 0 Å². The standard InChI is InChI=1S/C19H13Cl6N3/c20-18(21,22)16-12-17(19(23,24)25)27-28(26-16)15-10-8-14(9-11-15)7-6-13-4-2-1-3-5-13/h1-12,26H/b7-6+. The van der Waals surface area contributed by atoms with Crippen molar-refractivity contribution in [3.8, 4) is 0 Å². The van der Waals surface area contributed by atoms with Crippen LogP contribution < -0.4 is 10.5 Å². The summed E-state index contributed by atoms with van der Waals surface area (Å²) in [5.41, 5.74) is 6.02. The smallest absolute Gasteiger partial charge is 0.234 e. The number of hydrazone groups is 1. The predicted octanol–water partition coefficient (Wildman–Crippen LogP) is 7.16. The highest BCUT2D eigenvalue weighted by Gasteiger charge is 2.36. The third kappa shape index (κ3) is 5.73. The molecule has 0 bridgehead atoms. The Labute approximate surface area is 193 Å². The molecule has 0 unspecified atom stereocenters. The molecule has 9 heteroatoms. The van der Waals surface area contributed by atoms with Crippen LogP contribution in [-0.4, -0.2) is 13.3 Å². The van der Waals surface area contributed by atoms with Gasteiger partial charge in [-0.15, -0.1) is 0 Å². The van der Waals surface area contributed by atoms with Gasteiger partial charge in [0.25, 0.3) is 0 Å². The predicted molar refractivity (Wildman–Crippen MR) is 124 cm³/mol. The Morgan fingerprint density at radius 3 is 1.86 bits per heavy atom. The Hall–Kier alpha value is -1.07. The Morgan fingerprint density at radius 1 is 0.750 bits per heavy atom. The van der Waals surface area contributed by atoms with Gasteiger partial charge in [-0.2, -0.15) is 10.2 Å². The van der Waals surface area contributed by atoms with Gasteiger partial charge in [-0.25, -0.2) is 0 Å². The fourth-order valence-corrected chi connectivity index (χ4v) is 2.90. The Balaban J connectivity index is 1.83. The quantitative estimate of drug-likeness (QED) is 0.361. The van der Waals surface area contributed by atoms with Gasteiger partial charge in [0.2, 0.25) is 7.59 Å². The number of benzene rings is 2. The minimum absolute atomic E-state index is 0.116. The van der Waals surface area contributed by atoms with Crippen LogP contribution in [0.15, 0.2) is 71.5 Å². The summed E-state index contributed by atoms with van der Waals surface area (Å²) in [4.78, 5) is 0. The second-order valence-electron chi connectivity index (χ2n) is 5.80. The topological polar surface area (TPSA) is 27.6 Å². The molecule has 0 radical (unpaired) electrons. The van der Waals surface area contributed by atoms with Gasteiger partial charge in [0.15, 0.2) is 0 Å². The summed E-state index contributed by atoms with van der Waals surface area (Å²) in [6, 6.07) is 17.5. The van der Waals surface area contributed by atoms with Crippen LogP contribution in [0.25, 0.3) is 12.2 Å². The number of hydrogen-bond donors (Lipinski definition) is 1. The van der Waals surface area contributed by atoms with E-state index in [1.807, 2.05) is 66.7 Å². The van der Waals surface area contributed by atoms with E-state index in [9.17, 15) is 0 Å². The van der Waals surface area contributed by atoms with E-state index < -0.39 is 7.59 Å². The van der Waals surface area contributed by atoms with Crippen molar-refractivity contribution in [1.82, 2.24) is 5.43 Å². The summed E-state index contributed by atoms with van der Waals surface area (Å²) < 4.78 is -3.52. The number of nitrogens with zero attached hydrogens (tertiary/aromatic N) is 2. The van der Waals surface area contributed by atoms with Crippen LogP contribution in [-0.2, 0) is 0 Å². The summed E-state index contributed by atoms with van der Waals surface area (Å²) in [6.07, 6.45) is 5.43. The first kappa shape index (κ1) is 21.6. The zero-order valence-electron chi connectivity index (χ0n) is 14.1. The molecule has 2 aromatic carbocycles. The van der Waals surface area contributed by atoms with Crippen molar-refractivity contribution in [2.45, 2.75) is 7.59 Å². The molecule has 28 heavy (non-hydrogen) atoms. The van der Waals surface area contributed by atoms with Crippen molar-refractivity contribution in [3.05, 3.63) is 77.5 Å². The number of halogens is 6. The normalized spacial score (nSPS) is 15.3. The largest absolute Gasteiger partial charge is 0.278 e. The van der Waals surface area contributed by atoms with Crippen molar-refractivity contribution in [3.63, 3.8) is 0 Å². The summed E-state index contributed by atoms with van der Waals surface area (Å²) in [6.45, 7) is 0. The Morgan fingerprint density at radius 2 is 1.32 bits per heavy atom. The molecule has 0 saturated carbocycles. The SMILES string of the molecule is ClC(Cl)(Cl)C1=CC(C(Cl)(Cl)Cl)=NN(c2ccc(/C=C/c3ccccc3)cc2)N1. The minimum atomic E-state index is -1.78. The molecule has 1 heterocycles. The lowest BCUT2D eigenvalue weighted by Crippen LogP contribution is -2.43. The van der Waals surface area contributed by atoms with Crippen molar-refractivity contribution in [2.75, 3.05) is 5.12 Å². The van der Waals surface area contributed by atoms with E-state index in [2.05, 4.69) is 10.5 Å². The molecule has 146 valence electrons.